The van der Waals surface area contributed by atoms with Gasteiger partial charge in [-0.3, -0.25) is 9.59 Å². The van der Waals surface area contributed by atoms with E-state index >= 15 is 0 Å². The van der Waals surface area contributed by atoms with Crippen molar-refractivity contribution >= 4 is 39.1 Å². The highest BCUT2D eigenvalue weighted by molar-refractivity contribution is 7.94. The summed E-state index contributed by atoms with van der Waals surface area (Å²) >= 11 is 5.95. The molecule has 0 N–H and O–H groups in total. The molecule has 7 heteroatoms. The van der Waals surface area contributed by atoms with Gasteiger partial charge < -0.3 is 0 Å². The number of sulfonamides is 1. The van der Waals surface area contributed by atoms with Gasteiger partial charge >= 0.3 is 0 Å². The van der Waals surface area contributed by atoms with Gasteiger partial charge in [0, 0.05) is 23.3 Å². The Labute approximate surface area is 148 Å². The van der Waals surface area contributed by atoms with E-state index in [9.17, 15) is 18.0 Å². The zero-order chi connectivity index (χ0) is 17.9. The van der Waals surface area contributed by atoms with E-state index in [0.717, 1.165) is 16.7 Å². The summed E-state index contributed by atoms with van der Waals surface area (Å²) in [7, 11) is -3.60. The smallest absolute Gasteiger partial charge is 0.248 e. The summed E-state index contributed by atoms with van der Waals surface area (Å²) in [4.78, 5) is 23.8. The molecule has 24 heavy (non-hydrogen) atoms. The number of ketones is 2. The van der Waals surface area contributed by atoms with E-state index in [2.05, 4.69) is 0 Å². The van der Waals surface area contributed by atoms with Gasteiger partial charge in [0.25, 0.3) is 0 Å². The largest absolute Gasteiger partial charge is 0.299 e. The third-order valence-electron chi connectivity index (χ3n) is 3.96. The number of benzene rings is 1. The molecule has 0 aromatic heterocycles. The van der Waals surface area contributed by atoms with Crippen molar-refractivity contribution in [2.75, 3.05) is 9.58 Å². The molecule has 1 fully saturated rings. The SMILES string of the molecule is CC(C)CCS(=O)(=O)N(Cl)c1ccc(C(=O)CC(=O)C2CC2)cc1. The van der Waals surface area contributed by atoms with Crippen molar-refractivity contribution in [3.05, 3.63) is 29.8 Å². The van der Waals surface area contributed by atoms with Crippen LogP contribution in [0.2, 0.25) is 0 Å². The summed E-state index contributed by atoms with van der Waals surface area (Å²) in [5.41, 5.74) is 0.669. The molecule has 0 heterocycles. The zero-order valence-electron chi connectivity index (χ0n) is 13.9. The zero-order valence-corrected chi connectivity index (χ0v) is 15.4. The lowest BCUT2D eigenvalue weighted by atomic mass is 10.0. The second kappa shape index (κ2) is 7.66. The van der Waals surface area contributed by atoms with Crippen molar-refractivity contribution in [1.29, 1.82) is 0 Å². The highest BCUT2D eigenvalue weighted by atomic mass is 35.5. The summed E-state index contributed by atoms with van der Waals surface area (Å²) in [5.74, 6) is 0.0122. The maximum Gasteiger partial charge on any atom is 0.248 e. The van der Waals surface area contributed by atoms with Crippen LogP contribution in [0.4, 0.5) is 5.69 Å². The quantitative estimate of drug-likeness (QED) is 0.378. The van der Waals surface area contributed by atoms with Crippen LogP contribution in [-0.2, 0) is 14.8 Å². The topological polar surface area (TPSA) is 71.5 Å². The Morgan fingerprint density at radius 3 is 2.29 bits per heavy atom. The van der Waals surface area contributed by atoms with E-state index in [1.807, 2.05) is 13.8 Å². The van der Waals surface area contributed by atoms with Crippen molar-refractivity contribution in [3.8, 4) is 0 Å². The number of carbonyl (C=O) groups excluding carboxylic acids is 2. The third kappa shape index (κ3) is 5.05. The highest BCUT2D eigenvalue weighted by Crippen LogP contribution is 2.31. The third-order valence-corrected chi connectivity index (χ3v) is 6.23. The number of carbonyl (C=O) groups is 2. The Bertz CT molecular complexity index is 709. The van der Waals surface area contributed by atoms with Crippen molar-refractivity contribution < 1.29 is 18.0 Å². The van der Waals surface area contributed by atoms with Crippen LogP contribution >= 0.6 is 11.8 Å². The monoisotopic (exact) mass is 371 g/mol. The van der Waals surface area contributed by atoms with Crippen molar-refractivity contribution in [3.63, 3.8) is 0 Å². The standard InChI is InChI=1S/C17H22ClNO4S/c1-12(2)9-10-24(22,23)19(18)15-7-5-14(6-8-15)17(21)11-16(20)13-3-4-13/h5-8,12-13H,3-4,9-11H2,1-2H3. The fourth-order valence-electron chi connectivity index (χ4n) is 2.20. The minimum absolute atomic E-state index is 0.0145. The van der Waals surface area contributed by atoms with Crippen molar-refractivity contribution in [2.24, 2.45) is 11.8 Å². The fourth-order valence-corrected chi connectivity index (χ4v) is 3.89. The molecule has 1 aromatic rings. The van der Waals surface area contributed by atoms with Gasteiger partial charge in [0.1, 0.15) is 5.78 Å². The van der Waals surface area contributed by atoms with Gasteiger partial charge in [0.05, 0.1) is 17.9 Å². The van der Waals surface area contributed by atoms with Crippen LogP contribution in [0, 0.1) is 11.8 Å². The van der Waals surface area contributed by atoms with Gasteiger partial charge in [0.15, 0.2) is 5.78 Å². The van der Waals surface area contributed by atoms with Crippen LogP contribution < -0.4 is 3.82 Å². The van der Waals surface area contributed by atoms with Crippen molar-refractivity contribution in [2.45, 2.75) is 39.5 Å². The molecule has 1 aliphatic rings. The predicted octanol–water partition coefficient (Wildman–Crippen LogP) is 3.57. The minimum Gasteiger partial charge on any atom is -0.299 e. The Kier molecular flexibility index (Phi) is 6.04. The summed E-state index contributed by atoms with van der Waals surface area (Å²) in [6.45, 7) is 3.88. The molecule has 0 radical (unpaired) electrons. The summed E-state index contributed by atoms with van der Waals surface area (Å²) in [5, 5.41) is 0. The van der Waals surface area contributed by atoms with Gasteiger partial charge in [-0.25, -0.2) is 8.42 Å². The molecule has 0 spiro atoms. The Morgan fingerprint density at radius 1 is 1.21 bits per heavy atom. The second-order valence-electron chi connectivity index (χ2n) is 6.60. The van der Waals surface area contributed by atoms with Crippen molar-refractivity contribution in [1.82, 2.24) is 0 Å². The fraction of sp³-hybridized carbons (Fsp3) is 0.529. The minimum atomic E-state index is -3.60. The van der Waals surface area contributed by atoms with E-state index in [0.29, 0.717) is 12.0 Å². The Morgan fingerprint density at radius 2 is 1.79 bits per heavy atom. The molecule has 0 bridgehead atoms. The van der Waals surface area contributed by atoms with E-state index in [1.54, 1.807) is 0 Å². The number of rotatable bonds is 9. The molecule has 132 valence electrons. The second-order valence-corrected chi connectivity index (χ2v) is 9.08. The summed E-state index contributed by atoms with van der Waals surface area (Å²) in [6.07, 6.45) is 2.17. The van der Waals surface area contributed by atoms with Crippen LogP contribution in [0.15, 0.2) is 24.3 Å². The summed E-state index contributed by atoms with van der Waals surface area (Å²) in [6, 6.07) is 5.97. The van der Waals surface area contributed by atoms with Crippen LogP contribution in [-0.4, -0.2) is 25.7 Å². The highest BCUT2D eigenvalue weighted by Gasteiger charge is 2.30. The Hall–Kier alpha value is -1.40. The van der Waals surface area contributed by atoms with Gasteiger partial charge in [-0.2, -0.15) is 3.82 Å². The lowest BCUT2D eigenvalue weighted by molar-refractivity contribution is -0.119. The molecule has 0 atom stereocenters. The molecule has 0 amide bonds. The maximum absolute atomic E-state index is 12.2. The molecule has 0 aliphatic heterocycles. The molecule has 0 saturated heterocycles. The molecular formula is C17H22ClNO4S. The van der Waals surface area contributed by atoms with E-state index in [-0.39, 0.29) is 41.3 Å². The summed E-state index contributed by atoms with van der Waals surface area (Å²) < 4.78 is 25.0. The first kappa shape index (κ1) is 18.9. The lowest BCUT2D eigenvalue weighted by Crippen LogP contribution is -2.25. The molecule has 2 rings (SSSR count). The molecule has 1 aromatic carbocycles. The van der Waals surface area contributed by atoms with E-state index in [1.165, 1.54) is 24.3 Å². The van der Waals surface area contributed by atoms with Crippen LogP contribution in [0.25, 0.3) is 0 Å². The molecule has 0 unspecified atom stereocenters. The van der Waals surface area contributed by atoms with E-state index in [4.69, 9.17) is 11.8 Å². The first-order valence-corrected chi connectivity index (χ1v) is 10.00. The molecular weight excluding hydrogens is 350 g/mol. The van der Waals surface area contributed by atoms with Crippen LogP contribution in [0.3, 0.4) is 0 Å². The average molecular weight is 372 g/mol. The number of anilines is 1. The number of hydrogen-bond donors (Lipinski definition) is 0. The first-order chi connectivity index (χ1) is 11.2. The molecule has 1 aliphatic carbocycles. The molecule has 5 nitrogen and oxygen atoms in total. The van der Waals surface area contributed by atoms with Gasteiger partial charge in [0.2, 0.25) is 10.0 Å². The normalized spacial score (nSPS) is 14.7. The first-order valence-electron chi connectivity index (χ1n) is 8.05. The van der Waals surface area contributed by atoms with Gasteiger partial charge in [-0.1, -0.05) is 13.8 Å². The van der Waals surface area contributed by atoms with Gasteiger partial charge in [-0.05, 0) is 49.4 Å². The van der Waals surface area contributed by atoms with Gasteiger partial charge in [-0.15, -0.1) is 0 Å². The van der Waals surface area contributed by atoms with E-state index < -0.39 is 10.0 Å². The van der Waals surface area contributed by atoms with Crippen LogP contribution in [0.1, 0.15) is 49.9 Å². The number of hydrogen-bond acceptors (Lipinski definition) is 4. The number of Topliss-reactive ketones (excluding diaryl/α,β-unsaturated/α-hetero) is 2. The lowest BCUT2D eigenvalue weighted by Gasteiger charge is -2.17. The Balaban J connectivity index is 2.02. The number of nitrogens with zero attached hydrogens (tertiary/aromatic N) is 1. The maximum atomic E-state index is 12.2. The average Bonchev–Trinajstić information content (AvgIpc) is 3.37. The number of halogens is 1. The predicted molar refractivity (Wildman–Crippen MR) is 94.7 cm³/mol. The molecule has 1 saturated carbocycles. The van der Waals surface area contributed by atoms with Crippen LogP contribution in [0.5, 0.6) is 0 Å².